The average Bonchev–Trinajstić information content (AvgIpc) is 3.35. The number of nitrogens with zero attached hydrogens (tertiary/aromatic N) is 6. The SMILES string of the molecule is CN(c1cnccn1)[C@@H]1CC[C@@H]2CN(C(=O)CCc3ccnn3C)C[C@@H]21. The molecule has 3 heterocycles. The molecule has 3 atom stereocenters. The summed E-state index contributed by atoms with van der Waals surface area (Å²) in [6, 6.07) is 2.42. The Hall–Kier alpha value is -2.44. The fourth-order valence-electron chi connectivity index (χ4n) is 4.60. The summed E-state index contributed by atoms with van der Waals surface area (Å²) in [6.45, 7) is 1.77. The van der Waals surface area contributed by atoms with Crippen molar-refractivity contribution in [2.75, 3.05) is 25.0 Å². The minimum Gasteiger partial charge on any atom is -0.355 e. The van der Waals surface area contributed by atoms with Crippen LogP contribution in [0.4, 0.5) is 5.82 Å². The lowest BCUT2D eigenvalue weighted by Gasteiger charge is -2.30. The van der Waals surface area contributed by atoms with Crippen LogP contribution in [0.1, 0.15) is 25.0 Å². The van der Waals surface area contributed by atoms with Crippen LogP contribution in [-0.4, -0.2) is 56.7 Å². The summed E-state index contributed by atoms with van der Waals surface area (Å²) in [6.07, 6.45) is 10.7. The first kappa shape index (κ1) is 17.0. The number of hydrogen-bond donors (Lipinski definition) is 0. The molecule has 2 aromatic heterocycles. The van der Waals surface area contributed by atoms with Gasteiger partial charge in [0.05, 0.1) is 6.20 Å². The zero-order chi connectivity index (χ0) is 18.1. The zero-order valence-corrected chi connectivity index (χ0v) is 15.5. The van der Waals surface area contributed by atoms with Crippen LogP contribution in [0.3, 0.4) is 0 Å². The molecule has 0 unspecified atom stereocenters. The molecule has 138 valence electrons. The van der Waals surface area contributed by atoms with Crippen LogP contribution >= 0.6 is 0 Å². The standard InChI is InChI=1S/C19H26N6O/c1-23(18-11-20-9-10-21-18)17-5-3-14-12-25(13-16(14)17)19(26)6-4-15-7-8-22-24(15)2/h7-11,14,16-17H,3-6,12-13H2,1-2H3/t14-,16+,17-/m1/s1. The van der Waals surface area contributed by atoms with Gasteiger partial charge in [0.2, 0.25) is 5.91 Å². The van der Waals surface area contributed by atoms with Crippen LogP contribution in [0.5, 0.6) is 0 Å². The van der Waals surface area contributed by atoms with Crippen LogP contribution in [-0.2, 0) is 18.3 Å². The van der Waals surface area contributed by atoms with E-state index in [1.807, 2.05) is 24.0 Å². The molecular weight excluding hydrogens is 328 g/mol. The van der Waals surface area contributed by atoms with E-state index in [-0.39, 0.29) is 5.91 Å². The maximum absolute atomic E-state index is 12.7. The first-order valence-electron chi connectivity index (χ1n) is 9.37. The molecule has 0 spiro atoms. The van der Waals surface area contributed by atoms with Gasteiger partial charge in [-0.25, -0.2) is 4.98 Å². The van der Waals surface area contributed by atoms with Crippen LogP contribution < -0.4 is 4.90 Å². The summed E-state index contributed by atoms with van der Waals surface area (Å²) in [7, 11) is 4.02. The predicted octanol–water partition coefficient (Wildman–Crippen LogP) is 1.52. The number of aromatic nitrogens is 4. The van der Waals surface area contributed by atoms with E-state index in [4.69, 9.17) is 0 Å². The van der Waals surface area contributed by atoms with Gasteiger partial charge in [0, 0.05) is 69.8 Å². The molecule has 7 heteroatoms. The molecule has 1 saturated heterocycles. The van der Waals surface area contributed by atoms with Gasteiger partial charge in [-0.1, -0.05) is 0 Å². The Morgan fingerprint density at radius 3 is 2.88 bits per heavy atom. The Balaban J connectivity index is 1.36. The van der Waals surface area contributed by atoms with Gasteiger partial charge in [-0.15, -0.1) is 0 Å². The fourth-order valence-corrected chi connectivity index (χ4v) is 4.60. The second-order valence-corrected chi connectivity index (χ2v) is 7.49. The van der Waals surface area contributed by atoms with Crippen molar-refractivity contribution < 1.29 is 4.79 Å². The van der Waals surface area contributed by atoms with E-state index in [9.17, 15) is 4.79 Å². The van der Waals surface area contributed by atoms with Gasteiger partial charge in [0.1, 0.15) is 5.82 Å². The monoisotopic (exact) mass is 354 g/mol. The molecule has 0 N–H and O–H groups in total. The molecular formula is C19H26N6O. The van der Waals surface area contributed by atoms with Crippen LogP contribution in [0.15, 0.2) is 30.9 Å². The zero-order valence-electron chi connectivity index (χ0n) is 15.5. The Morgan fingerprint density at radius 1 is 1.27 bits per heavy atom. The summed E-state index contributed by atoms with van der Waals surface area (Å²) >= 11 is 0. The molecule has 2 aromatic rings. The molecule has 1 amide bonds. The first-order valence-corrected chi connectivity index (χ1v) is 9.37. The molecule has 26 heavy (non-hydrogen) atoms. The van der Waals surface area contributed by atoms with Gasteiger partial charge >= 0.3 is 0 Å². The van der Waals surface area contributed by atoms with E-state index in [0.717, 1.165) is 31.0 Å². The minimum absolute atomic E-state index is 0.265. The Labute approximate surface area is 154 Å². The first-order chi connectivity index (χ1) is 12.6. The fraction of sp³-hybridized carbons (Fsp3) is 0.579. The van der Waals surface area contributed by atoms with E-state index in [2.05, 4.69) is 31.9 Å². The number of carbonyl (C=O) groups is 1. The van der Waals surface area contributed by atoms with Crippen LogP contribution in [0.25, 0.3) is 0 Å². The molecule has 1 aliphatic carbocycles. The van der Waals surface area contributed by atoms with Crippen molar-refractivity contribution in [3.05, 3.63) is 36.5 Å². The van der Waals surface area contributed by atoms with Crippen molar-refractivity contribution in [2.24, 2.45) is 18.9 Å². The van der Waals surface area contributed by atoms with Crippen molar-refractivity contribution in [3.8, 4) is 0 Å². The Kier molecular flexibility index (Phi) is 4.61. The highest BCUT2D eigenvalue weighted by molar-refractivity contribution is 5.76. The summed E-state index contributed by atoms with van der Waals surface area (Å²) < 4.78 is 1.85. The number of likely N-dealkylation sites (tertiary alicyclic amines) is 1. The second kappa shape index (κ2) is 7.05. The van der Waals surface area contributed by atoms with Gasteiger partial charge in [-0.3, -0.25) is 14.5 Å². The molecule has 1 saturated carbocycles. The number of aryl methyl sites for hydroxylation is 2. The van der Waals surface area contributed by atoms with Gasteiger partial charge < -0.3 is 9.80 Å². The molecule has 1 aliphatic heterocycles. The van der Waals surface area contributed by atoms with E-state index < -0.39 is 0 Å². The molecule has 0 aromatic carbocycles. The number of anilines is 1. The second-order valence-electron chi connectivity index (χ2n) is 7.49. The lowest BCUT2D eigenvalue weighted by Crippen LogP contribution is -2.39. The van der Waals surface area contributed by atoms with Crippen molar-refractivity contribution >= 4 is 11.7 Å². The number of hydrogen-bond acceptors (Lipinski definition) is 5. The lowest BCUT2D eigenvalue weighted by molar-refractivity contribution is -0.130. The summed E-state index contributed by atoms with van der Waals surface area (Å²) in [5.41, 5.74) is 1.11. The third-order valence-electron chi connectivity index (χ3n) is 6.10. The van der Waals surface area contributed by atoms with Gasteiger partial charge in [0.25, 0.3) is 0 Å². The number of amides is 1. The largest absolute Gasteiger partial charge is 0.355 e. The Morgan fingerprint density at radius 2 is 2.15 bits per heavy atom. The normalized spacial score (nSPS) is 24.7. The number of carbonyl (C=O) groups excluding carboxylic acids is 1. The van der Waals surface area contributed by atoms with Gasteiger partial charge in [0.15, 0.2) is 0 Å². The lowest BCUT2D eigenvalue weighted by atomic mass is 9.97. The smallest absolute Gasteiger partial charge is 0.222 e. The summed E-state index contributed by atoms with van der Waals surface area (Å²) in [5, 5.41) is 4.17. The molecule has 0 bridgehead atoms. The third kappa shape index (κ3) is 3.18. The topological polar surface area (TPSA) is 67.2 Å². The summed E-state index contributed by atoms with van der Waals surface area (Å²) in [4.78, 5) is 25.6. The van der Waals surface area contributed by atoms with Crippen molar-refractivity contribution in [1.29, 1.82) is 0 Å². The number of fused-ring (bicyclic) bond motifs is 1. The number of rotatable bonds is 5. The average molecular weight is 354 g/mol. The molecule has 2 fully saturated rings. The van der Waals surface area contributed by atoms with Gasteiger partial charge in [-0.05, 0) is 31.2 Å². The summed E-state index contributed by atoms with van der Waals surface area (Å²) in [5.74, 6) is 2.32. The van der Waals surface area contributed by atoms with E-state index in [0.29, 0.717) is 24.3 Å². The quantitative estimate of drug-likeness (QED) is 0.814. The third-order valence-corrected chi connectivity index (χ3v) is 6.10. The van der Waals surface area contributed by atoms with Crippen molar-refractivity contribution in [1.82, 2.24) is 24.6 Å². The molecule has 4 rings (SSSR count). The highest BCUT2D eigenvalue weighted by atomic mass is 16.2. The highest BCUT2D eigenvalue weighted by Gasteiger charge is 2.45. The van der Waals surface area contributed by atoms with Crippen LogP contribution in [0, 0.1) is 11.8 Å². The van der Waals surface area contributed by atoms with E-state index >= 15 is 0 Å². The van der Waals surface area contributed by atoms with Gasteiger partial charge in [-0.2, -0.15) is 5.10 Å². The van der Waals surface area contributed by atoms with Crippen molar-refractivity contribution in [2.45, 2.75) is 31.7 Å². The maximum atomic E-state index is 12.7. The maximum Gasteiger partial charge on any atom is 0.222 e. The minimum atomic E-state index is 0.265. The predicted molar refractivity (Wildman–Crippen MR) is 98.5 cm³/mol. The van der Waals surface area contributed by atoms with E-state index in [1.54, 1.807) is 18.6 Å². The highest BCUT2D eigenvalue weighted by Crippen LogP contribution is 2.41. The molecule has 2 aliphatic rings. The Bertz CT molecular complexity index is 760. The van der Waals surface area contributed by atoms with Crippen molar-refractivity contribution in [3.63, 3.8) is 0 Å². The molecule has 7 nitrogen and oxygen atoms in total. The molecule has 0 radical (unpaired) electrons. The van der Waals surface area contributed by atoms with Crippen LogP contribution in [0.2, 0.25) is 0 Å². The van der Waals surface area contributed by atoms with E-state index in [1.165, 1.54) is 12.8 Å².